The van der Waals surface area contributed by atoms with Crippen molar-refractivity contribution in [3.8, 4) is 0 Å². The molecule has 1 aliphatic heterocycles. The number of anilines is 1. The highest BCUT2D eigenvalue weighted by atomic mass is 16.1. The molecule has 0 bridgehead atoms. The number of hydrogen-bond acceptors (Lipinski definition) is 3. The van der Waals surface area contributed by atoms with Crippen molar-refractivity contribution in [1.82, 2.24) is 5.32 Å². The first-order valence-corrected chi connectivity index (χ1v) is 5.77. The fraction of sp³-hybridized carbons (Fsp3) is 0.462. The second-order valence-electron chi connectivity index (χ2n) is 4.58. The summed E-state index contributed by atoms with van der Waals surface area (Å²) in [4.78, 5) is 12.0. The zero-order valence-corrected chi connectivity index (χ0v) is 9.62. The maximum Gasteiger partial charge on any atom is 0.165 e. The molecule has 1 saturated heterocycles. The van der Waals surface area contributed by atoms with E-state index in [2.05, 4.69) is 5.32 Å². The Labute approximate surface area is 96.0 Å². The first kappa shape index (κ1) is 11.1. The number of benzene rings is 1. The number of ketones is 1. The van der Waals surface area contributed by atoms with Gasteiger partial charge in [-0.15, -0.1) is 0 Å². The van der Waals surface area contributed by atoms with Gasteiger partial charge in [-0.3, -0.25) is 4.79 Å². The summed E-state index contributed by atoms with van der Waals surface area (Å²) in [5.74, 6) is 0.652. The van der Waals surface area contributed by atoms with E-state index < -0.39 is 0 Å². The van der Waals surface area contributed by atoms with Gasteiger partial charge in [0.05, 0.1) is 0 Å². The zero-order valence-electron chi connectivity index (χ0n) is 9.62. The lowest BCUT2D eigenvalue weighted by atomic mass is 9.96. The molecule has 0 aliphatic carbocycles. The summed E-state index contributed by atoms with van der Waals surface area (Å²) < 4.78 is 0. The number of aryl methyl sites for hydroxylation is 1. The van der Waals surface area contributed by atoms with Crippen LogP contribution in [0.3, 0.4) is 0 Å². The molecule has 3 N–H and O–H groups in total. The minimum atomic E-state index is 0.172. The molecule has 0 amide bonds. The second kappa shape index (κ2) is 4.66. The quantitative estimate of drug-likeness (QED) is 0.600. The molecule has 1 aliphatic rings. The van der Waals surface area contributed by atoms with Crippen LogP contribution in [0, 0.1) is 12.8 Å². The van der Waals surface area contributed by atoms with Gasteiger partial charge in [0.2, 0.25) is 0 Å². The van der Waals surface area contributed by atoms with E-state index in [1.54, 1.807) is 0 Å². The monoisotopic (exact) mass is 218 g/mol. The van der Waals surface area contributed by atoms with Crippen LogP contribution in [0.5, 0.6) is 0 Å². The molecule has 3 nitrogen and oxygen atoms in total. The Morgan fingerprint density at radius 3 is 3.00 bits per heavy atom. The van der Waals surface area contributed by atoms with Crippen molar-refractivity contribution in [3.63, 3.8) is 0 Å². The third-order valence-corrected chi connectivity index (χ3v) is 3.14. The molecule has 1 unspecified atom stereocenters. The van der Waals surface area contributed by atoms with Gasteiger partial charge in [-0.05, 0) is 50.0 Å². The van der Waals surface area contributed by atoms with Gasteiger partial charge in [0.25, 0.3) is 0 Å². The number of Topliss-reactive ketones (excluding diaryl/α,β-unsaturated/α-hetero) is 1. The van der Waals surface area contributed by atoms with Crippen LogP contribution < -0.4 is 11.1 Å². The van der Waals surface area contributed by atoms with Crippen molar-refractivity contribution in [2.45, 2.75) is 19.8 Å². The molecule has 3 heteroatoms. The van der Waals surface area contributed by atoms with Crippen molar-refractivity contribution in [2.24, 2.45) is 5.92 Å². The molecule has 16 heavy (non-hydrogen) atoms. The predicted octanol–water partition coefficient (Wildman–Crippen LogP) is 1.76. The Morgan fingerprint density at radius 1 is 1.56 bits per heavy atom. The van der Waals surface area contributed by atoms with Gasteiger partial charge in [-0.2, -0.15) is 0 Å². The molecule has 0 aromatic heterocycles. The standard InChI is InChI=1S/C13H18N2O/c1-9-2-3-11(12(14)6-9)13(16)7-10-4-5-15-8-10/h2-3,6,10,15H,4-5,7-8,14H2,1H3. The van der Waals surface area contributed by atoms with Crippen molar-refractivity contribution in [3.05, 3.63) is 29.3 Å². The summed E-state index contributed by atoms with van der Waals surface area (Å²) in [5, 5.41) is 3.27. The average Bonchev–Trinajstić information content (AvgIpc) is 2.70. The SMILES string of the molecule is Cc1ccc(C(=O)CC2CCNC2)c(N)c1. The summed E-state index contributed by atoms with van der Waals surface area (Å²) >= 11 is 0. The van der Waals surface area contributed by atoms with Gasteiger partial charge in [-0.25, -0.2) is 0 Å². The van der Waals surface area contributed by atoms with Crippen LogP contribution in [0.15, 0.2) is 18.2 Å². The molecular formula is C13H18N2O. The summed E-state index contributed by atoms with van der Waals surface area (Å²) in [5.41, 5.74) is 8.24. The van der Waals surface area contributed by atoms with E-state index in [9.17, 15) is 4.79 Å². The molecule has 1 aromatic rings. The highest BCUT2D eigenvalue weighted by Crippen LogP contribution is 2.20. The van der Waals surface area contributed by atoms with Crippen LogP contribution in [0.1, 0.15) is 28.8 Å². The minimum Gasteiger partial charge on any atom is -0.398 e. The Balaban J connectivity index is 2.08. The van der Waals surface area contributed by atoms with Crippen LogP contribution in [0.25, 0.3) is 0 Å². The van der Waals surface area contributed by atoms with E-state index >= 15 is 0 Å². The van der Waals surface area contributed by atoms with Crippen LogP contribution in [0.4, 0.5) is 5.69 Å². The number of nitrogens with two attached hydrogens (primary N) is 1. The summed E-state index contributed by atoms with van der Waals surface area (Å²) in [6.45, 7) is 3.96. The molecule has 1 fully saturated rings. The second-order valence-corrected chi connectivity index (χ2v) is 4.58. The van der Waals surface area contributed by atoms with Gasteiger partial charge in [0, 0.05) is 17.7 Å². The first-order valence-electron chi connectivity index (χ1n) is 5.77. The number of hydrogen-bond donors (Lipinski definition) is 2. The molecule has 0 radical (unpaired) electrons. The topological polar surface area (TPSA) is 55.1 Å². The molecule has 1 atom stereocenters. The maximum absolute atomic E-state index is 12.0. The van der Waals surface area contributed by atoms with Crippen LogP contribution >= 0.6 is 0 Å². The van der Waals surface area contributed by atoms with E-state index in [0.29, 0.717) is 23.6 Å². The van der Waals surface area contributed by atoms with Crippen LogP contribution in [-0.2, 0) is 0 Å². The third-order valence-electron chi connectivity index (χ3n) is 3.14. The van der Waals surface area contributed by atoms with Crippen LogP contribution in [-0.4, -0.2) is 18.9 Å². The molecule has 0 spiro atoms. The normalized spacial score (nSPS) is 19.9. The molecule has 1 aromatic carbocycles. The smallest absolute Gasteiger partial charge is 0.165 e. The Morgan fingerprint density at radius 2 is 2.38 bits per heavy atom. The molecule has 1 heterocycles. The minimum absolute atomic E-state index is 0.172. The largest absolute Gasteiger partial charge is 0.398 e. The number of rotatable bonds is 3. The highest BCUT2D eigenvalue weighted by molar-refractivity contribution is 6.00. The summed E-state index contributed by atoms with van der Waals surface area (Å²) in [6, 6.07) is 5.64. The third kappa shape index (κ3) is 2.42. The Kier molecular flexibility index (Phi) is 3.25. The number of carbonyl (C=O) groups is 1. The van der Waals surface area contributed by atoms with Crippen molar-refractivity contribution in [1.29, 1.82) is 0 Å². The van der Waals surface area contributed by atoms with Gasteiger partial charge in [-0.1, -0.05) is 6.07 Å². The van der Waals surface area contributed by atoms with Crippen molar-refractivity contribution < 1.29 is 4.79 Å². The lowest BCUT2D eigenvalue weighted by Crippen LogP contribution is -2.13. The summed E-state index contributed by atoms with van der Waals surface area (Å²) in [7, 11) is 0. The number of carbonyl (C=O) groups excluding carboxylic acids is 1. The first-order chi connectivity index (χ1) is 7.66. The average molecular weight is 218 g/mol. The van der Waals surface area contributed by atoms with E-state index in [1.165, 1.54) is 0 Å². The summed E-state index contributed by atoms with van der Waals surface area (Å²) in [6.07, 6.45) is 1.71. The van der Waals surface area contributed by atoms with Crippen LogP contribution in [0.2, 0.25) is 0 Å². The zero-order chi connectivity index (χ0) is 11.5. The van der Waals surface area contributed by atoms with Crippen molar-refractivity contribution in [2.75, 3.05) is 18.8 Å². The molecule has 2 rings (SSSR count). The van der Waals surface area contributed by atoms with E-state index in [0.717, 1.165) is 25.1 Å². The maximum atomic E-state index is 12.0. The van der Waals surface area contributed by atoms with E-state index in [-0.39, 0.29) is 5.78 Å². The number of nitrogens with one attached hydrogen (secondary N) is 1. The van der Waals surface area contributed by atoms with E-state index in [4.69, 9.17) is 5.73 Å². The fourth-order valence-electron chi connectivity index (χ4n) is 2.20. The van der Waals surface area contributed by atoms with Gasteiger partial charge < -0.3 is 11.1 Å². The Bertz CT molecular complexity index is 395. The Hall–Kier alpha value is -1.35. The van der Waals surface area contributed by atoms with Crippen molar-refractivity contribution >= 4 is 11.5 Å². The molecule has 0 saturated carbocycles. The highest BCUT2D eigenvalue weighted by Gasteiger charge is 2.19. The molecule has 86 valence electrons. The van der Waals surface area contributed by atoms with Gasteiger partial charge in [0.15, 0.2) is 5.78 Å². The lowest BCUT2D eigenvalue weighted by molar-refractivity contribution is 0.0965. The predicted molar refractivity (Wildman–Crippen MR) is 65.5 cm³/mol. The lowest BCUT2D eigenvalue weighted by Gasteiger charge is -2.09. The molecular weight excluding hydrogens is 200 g/mol. The fourth-order valence-corrected chi connectivity index (χ4v) is 2.20. The number of nitrogen functional groups attached to an aromatic ring is 1. The van der Waals surface area contributed by atoms with Gasteiger partial charge in [0.1, 0.15) is 0 Å². The van der Waals surface area contributed by atoms with E-state index in [1.807, 2.05) is 25.1 Å². The van der Waals surface area contributed by atoms with Gasteiger partial charge >= 0.3 is 0 Å².